The highest BCUT2D eigenvalue weighted by atomic mass is 16.5. The Labute approximate surface area is 54.3 Å². The van der Waals surface area contributed by atoms with Crippen LogP contribution in [0.1, 0.15) is 13.8 Å². The average molecular weight is 129 g/mol. The van der Waals surface area contributed by atoms with Crippen LogP contribution in [0.25, 0.3) is 0 Å². The summed E-state index contributed by atoms with van der Waals surface area (Å²) in [5, 5.41) is 8.11. The first-order chi connectivity index (χ1) is 4.09. The Hall–Kier alpha value is -0.830. The van der Waals surface area contributed by atoms with Gasteiger partial charge in [0.15, 0.2) is 0 Å². The molecule has 0 aliphatic rings. The number of rotatable bonds is 2. The number of hydrogen-bond acceptors (Lipinski definition) is 2. The zero-order valence-corrected chi connectivity index (χ0v) is 5.64. The molecule has 0 aromatic carbocycles. The van der Waals surface area contributed by atoms with Gasteiger partial charge in [0, 0.05) is 0 Å². The summed E-state index contributed by atoms with van der Waals surface area (Å²) in [6.45, 7) is 6.96. The van der Waals surface area contributed by atoms with Crippen molar-refractivity contribution in [1.29, 1.82) is 0 Å². The van der Waals surface area contributed by atoms with Crippen LogP contribution in [0.2, 0.25) is 0 Å². The monoisotopic (exact) mass is 129 g/mol. The lowest BCUT2D eigenvalue weighted by Crippen LogP contribution is -2.26. The second-order valence-electron chi connectivity index (χ2n) is 2.04. The molecule has 52 valence electrons. The van der Waals surface area contributed by atoms with Crippen molar-refractivity contribution in [2.75, 3.05) is 0 Å². The summed E-state index contributed by atoms with van der Waals surface area (Å²) in [4.78, 5) is 10.5. The number of amides is 1. The van der Waals surface area contributed by atoms with Crippen molar-refractivity contribution in [1.82, 2.24) is 5.48 Å². The maximum Gasteiger partial charge on any atom is 0.250 e. The Morgan fingerprint density at radius 2 is 2.22 bits per heavy atom. The molecule has 0 saturated heterocycles. The quantitative estimate of drug-likeness (QED) is 0.327. The lowest BCUT2D eigenvalue weighted by molar-refractivity contribution is -0.131. The number of carbonyl (C=O) groups is 1. The summed E-state index contributed by atoms with van der Waals surface area (Å²) in [5.74, 6) is -0.725. The lowest BCUT2D eigenvalue weighted by atomic mass is 10.0. The van der Waals surface area contributed by atoms with E-state index in [4.69, 9.17) is 5.21 Å². The number of hydroxylamine groups is 1. The molecule has 0 rings (SSSR count). The molecule has 1 unspecified atom stereocenters. The molecule has 0 heterocycles. The van der Waals surface area contributed by atoms with E-state index < -0.39 is 5.91 Å². The minimum absolute atomic E-state index is 0.310. The third-order valence-corrected chi connectivity index (χ3v) is 1.24. The molecule has 9 heavy (non-hydrogen) atoms. The van der Waals surface area contributed by atoms with Gasteiger partial charge in [-0.25, -0.2) is 5.48 Å². The van der Waals surface area contributed by atoms with Crippen LogP contribution in [0.15, 0.2) is 12.2 Å². The topological polar surface area (TPSA) is 49.3 Å². The molecule has 0 aliphatic heterocycles. The maximum absolute atomic E-state index is 10.5. The molecular formula is C6H11NO2. The molecule has 2 N–H and O–H groups in total. The molecule has 3 heteroatoms. The molecule has 3 nitrogen and oxygen atoms in total. The number of nitrogens with one attached hydrogen (secondary N) is 1. The fraction of sp³-hybridized carbons (Fsp3) is 0.500. The van der Waals surface area contributed by atoms with E-state index in [0.29, 0.717) is 0 Å². The third-order valence-electron chi connectivity index (χ3n) is 1.24. The Kier molecular flexibility index (Phi) is 2.95. The molecule has 1 atom stereocenters. The number of hydrogen-bond donors (Lipinski definition) is 2. The van der Waals surface area contributed by atoms with Crippen LogP contribution in [0.5, 0.6) is 0 Å². The Balaban J connectivity index is 3.88. The lowest BCUT2D eigenvalue weighted by Gasteiger charge is -2.06. The molecular weight excluding hydrogens is 118 g/mol. The largest absolute Gasteiger partial charge is 0.289 e. The second kappa shape index (κ2) is 3.25. The van der Waals surface area contributed by atoms with Gasteiger partial charge >= 0.3 is 0 Å². The third kappa shape index (κ3) is 2.28. The normalized spacial score (nSPS) is 12.3. The summed E-state index contributed by atoms with van der Waals surface area (Å²) < 4.78 is 0. The molecule has 0 bridgehead atoms. The molecule has 0 spiro atoms. The van der Waals surface area contributed by atoms with Crippen molar-refractivity contribution in [2.45, 2.75) is 13.8 Å². The van der Waals surface area contributed by atoms with Crippen LogP contribution in [-0.4, -0.2) is 11.1 Å². The van der Waals surface area contributed by atoms with E-state index in [9.17, 15) is 4.79 Å². The van der Waals surface area contributed by atoms with Gasteiger partial charge in [-0.1, -0.05) is 12.2 Å². The Morgan fingerprint density at radius 3 is 2.33 bits per heavy atom. The van der Waals surface area contributed by atoms with E-state index in [1.165, 1.54) is 0 Å². The van der Waals surface area contributed by atoms with Gasteiger partial charge in [-0.3, -0.25) is 10.0 Å². The van der Waals surface area contributed by atoms with Crippen LogP contribution >= 0.6 is 0 Å². The standard InChI is InChI=1S/C6H11NO2/c1-4(2)5(3)6(8)7-9/h5,9H,1H2,2-3H3,(H,7,8). The first-order valence-corrected chi connectivity index (χ1v) is 2.69. The smallest absolute Gasteiger partial charge is 0.250 e. The summed E-state index contributed by atoms with van der Waals surface area (Å²) in [6, 6.07) is 0. The van der Waals surface area contributed by atoms with Crippen molar-refractivity contribution in [3.8, 4) is 0 Å². The van der Waals surface area contributed by atoms with Gasteiger partial charge in [0.1, 0.15) is 0 Å². The minimum atomic E-state index is -0.414. The van der Waals surface area contributed by atoms with Gasteiger partial charge in [-0.2, -0.15) is 0 Å². The molecule has 0 fully saturated rings. The van der Waals surface area contributed by atoms with Gasteiger partial charge in [0.05, 0.1) is 5.92 Å². The highest BCUT2D eigenvalue weighted by Crippen LogP contribution is 2.05. The molecule has 0 aromatic heterocycles. The molecule has 1 amide bonds. The van der Waals surface area contributed by atoms with Crippen molar-refractivity contribution in [3.63, 3.8) is 0 Å². The van der Waals surface area contributed by atoms with Gasteiger partial charge in [0.25, 0.3) is 0 Å². The average Bonchev–Trinajstić information content (AvgIpc) is 1.84. The number of carbonyl (C=O) groups excluding carboxylic acids is 1. The molecule has 0 aromatic rings. The van der Waals surface area contributed by atoms with Crippen molar-refractivity contribution >= 4 is 5.91 Å². The molecule has 0 saturated carbocycles. The fourth-order valence-electron chi connectivity index (χ4n) is 0.321. The zero-order valence-electron chi connectivity index (χ0n) is 5.64. The van der Waals surface area contributed by atoms with Gasteiger partial charge in [0.2, 0.25) is 5.91 Å². The van der Waals surface area contributed by atoms with Crippen molar-refractivity contribution < 1.29 is 10.0 Å². The molecule has 0 radical (unpaired) electrons. The maximum atomic E-state index is 10.5. The van der Waals surface area contributed by atoms with E-state index in [0.717, 1.165) is 5.57 Å². The van der Waals surface area contributed by atoms with E-state index in [1.54, 1.807) is 19.3 Å². The predicted octanol–water partition coefficient (Wildman–Crippen LogP) is 0.704. The fourth-order valence-corrected chi connectivity index (χ4v) is 0.321. The summed E-state index contributed by atoms with van der Waals surface area (Å²) in [5.41, 5.74) is 2.28. The van der Waals surface area contributed by atoms with Crippen LogP contribution in [-0.2, 0) is 4.79 Å². The summed E-state index contributed by atoms with van der Waals surface area (Å²) in [6.07, 6.45) is 0. The van der Waals surface area contributed by atoms with E-state index in [1.807, 2.05) is 0 Å². The first kappa shape index (κ1) is 8.17. The predicted molar refractivity (Wildman–Crippen MR) is 33.9 cm³/mol. The highest BCUT2D eigenvalue weighted by Gasteiger charge is 2.10. The van der Waals surface area contributed by atoms with Crippen LogP contribution < -0.4 is 5.48 Å². The highest BCUT2D eigenvalue weighted by molar-refractivity contribution is 5.79. The van der Waals surface area contributed by atoms with E-state index in [2.05, 4.69) is 6.58 Å². The second-order valence-corrected chi connectivity index (χ2v) is 2.04. The van der Waals surface area contributed by atoms with Crippen LogP contribution in [0.3, 0.4) is 0 Å². The van der Waals surface area contributed by atoms with Gasteiger partial charge in [-0.15, -0.1) is 0 Å². The Morgan fingerprint density at radius 1 is 1.78 bits per heavy atom. The molecule has 0 aliphatic carbocycles. The minimum Gasteiger partial charge on any atom is -0.289 e. The van der Waals surface area contributed by atoms with Crippen LogP contribution in [0.4, 0.5) is 0 Å². The summed E-state index contributed by atoms with van der Waals surface area (Å²) in [7, 11) is 0. The van der Waals surface area contributed by atoms with E-state index >= 15 is 0 Å². The van der Waals surface area contributed by atoms with E-state index in [-0.39, 0.29) is 5.92 Å². The Bertz CT molecular complexity index is 131. The SMILES string of the molecule is C=C(C)C(C)C(=O)NO. The first-order valence-electron chi connectivity index (χ1n) is 2.69. The zero-order chi connectivity index (χ0) is 7.44. The van der Waals surface area contributed by atoms with Crippen molar-refractivity contribution in [3.05, 3.63) is 12.2 Å². The summed E-state index contributed by atoms with van der Waals surface area (Å²) >= 11 is 0. The van der Waals surface area contributed by atoms with Crippen LogP contribution in [0, 0.1) is 5.92 Å². The van der Waals surface area contributed by atoms with Crippen molar-refractivity contribution in [2.24, 2.45) is 5.92 Å². The van der Waals surface area contributed by atoms with Gasteiger partial charge in [-0.05, 0) is 13.8 Å². The van der Waals surface area contributed by atoms with Gasteiger partial charge < -0.3 is 0 Å².